The van der Waals surface area contributed by atoms with Gasteiger partial charge in [0.15, 0.2) is 0 Å². The summed E-state index contributed by atoms with van der Waals surface area (Å²) in [6, 6.07) is 14.7. The highest BCUT2D eigenvalue weighted by Gasteiger charge is 2.29. The normalized spacial score (nSPS) is 20.4. The van der Waals surface area contributed by atoms with Gasteiger partial charge < -0.3 is 14.9 Å². The summed E-state index contributed by atoms with van der Waals surface area (Å²) in [4.78, 5) is 39.3. The molecule has 6 rings (SSSR count). The Morgan fingerprint density at radius 1 is 0.973 bits per heavy atom. The predicted octanol–water partition coefficient (Wildman–Crippen LogP) is 3.15. The third-order valence-electron chi connectivity index (χ3n) is 7.56. The molecule has 0 bridgehead atoms. The molecule has 3 heterocycles. The van der Waals surface area contributed by atoms with Crippen LogP contribution in [0.4, 0.5) is 11.4 Å². The summed E-state index contributed by atoms with van der Waals surface area (Å²) in [5.74, 6) is -0.0872. The van der Waals surface area contributed by atoms with Crippen LogP contribution in [0.15, 0.2) is 59.8 Å². The van der Waals surface area contributed by atoms with Crippen molar-refractivity contribution in [2.24, 2.45) is 0 Å². The fourth-order valence-electron chi connectivity index (χ4n) is 5.63. The van der Waals surface area contributed by atoms with E-state index in [0.29, 0.717) is 41.8 Å². The quantitative estimate of drug-likeness (QED) is 0.435. The number of hydrogen-bond donors (Lipinski definition) is 1. The monoisotopic (exact) mass is 494 g/mol. The lowest BCUT2D eigenvalue weighted by Gasteiger charge is -2.36. The molecule has 1 saturated carbocycles. The van der Waals surface area contributed by atoms with Gasteiger partial charge in [-0.05, 0) is 31.0 Å². The van der Waals surface area contributed by atoms with Crippen LogP contribution in [-0.4, -0.2) is 51.3 Å². The van der Waals surface area contributed by atoms with Crippen molar-refractivity contribution in [3.63, 3.8) is 0 Å². The van der Waals surface area contributed by atoms with Crippen molar-refractivity contribution < 1.29 is 9.90 Å². The molecule has 0 unspecified atom stereocenters. The van der Waals surface area contributed by atoms with Gasteiger partial charge in [-0.25, -0.2) is 9.97 Å². The highest BCUT2D eigenvalue weighted by molar-refractivity contribution is 6.12. The summed E-state index contributed by atoms with van der Waals surface area (Å²) in [5.41, 5.74) is 2.23. The zero-order valence-electron chi connectivity index (χ0n) is 20.2. The second-order valence-electron chi connectivity index (χ2n) is 9.69. The number of fused-ring (bicyclic) bond motifs is 3. The maximum atomic E-state index is 13.7. The Labute approximate surface area is 213 Å². The van der Waals surface area contributed by atoms with Crippen LogP contribution in [0.25, 0.3) is 21.7 Å². The number of carbonyl (C=O) groups is 1. The van der Waals surface area contributed by atoms with E-state index in [0.717, 1.165) is 35.7 Å². The molecule has 2 atom stereocenters. The molecule has 37 heavy (non-hydrogen) atoms. The van der Waals surface area contributed by atoms with Gasteiger partial charge in [0.25, 0.3) is 5.56 Å². The van der Waals surface area contributed by atoms with Gasteiger partial charge >= 0.3 is 0 Å². The number of anilines is 2. The van der Waals surface area contributed by atoms with Crippen LogP contribution < -0.4 is 15.4 Å². The van der Waals surface area contributed by atoms with Gasteiger partial charge in [0, 0.05) is 29.5 Å². The lowest BCUT2D eigenvalue weighted by Crippen LogP contribution is -2.50. The molecular formula is C28H26N6O3. The zero-order chi connectivity index (χ0) is 25.5. The second-order valence-corrected chi connectivity index (χ2v) is 9.69. The summed E-state index contributed by atoms with van der Waals surface area (Å²) in [6.45, 7) is 1.16. The Morgan fingerprint density at radius 3 is 2.51 bits per heavy atom. The van der Waals surface area contributed by atoms with E-state index in [1.54, 1.807) is 34.1 Å². The summed E-state index contributed by atoms with van der Waals surface area (Å²) in [7, 11) is 0. The first-order chi connectivity index (χ1) is 18.0. The number of aromatic nitrogens is 3. The number of amides is 1. The van der Waals surface area contributed by atoms with Gasteiger partial charge in [-0.2, -0.15) is 5.26 Å². The number of nitriles is 1. The number of aliphatic hydroxyl groups is 1. The highest BCUT2D eigenvalue weighted by atomic mass is 16.3. The van der Waals surface area contributed by atoms with Crippen molar-refractivity contribution in [3.8, 4) is 6.07 Å². The van der Waals surface area contributed by atoms with Crippen molar-refractivity contribution in [1.82, 2.24) is 14.5 Å². The molecule has 1 aliphatic heterocycles. The number of carbonyl (C=O) groups excluding carboxylic acids is 1. The van der Waals surface area contributed by atoms with Gasteiger partial charge in [-0.15, -0.1) is 0 Å². The number of piperazine rings is 1. The molecule has 1 N–H and O–H groups in total. The third kappa shape index (κ3) is 3.99. The maximum Gasteiger partial charge on any atom is 0.261 e. The van der Waals surface area contributed by atoms with E-state index in [1.807, 2.05) is 41.3 Å². The molecule has 1 amide bonds. The van der Waals surface area contributed by atoms with Crippen LogP contribution in [-0.2, 0) is 4.79 Å². The molecule has 2 aromatic heterocycles. The fraction of sp³-hybridized carbons (Fsp3) is 0.321. The molecule has 1 aliphatic carbocycles. The average Bonchev–Trinajstić information content (AvgIpc) is 2.93. The summed E-state index contributed by atoms with van der Waals surface area (Å²) in [5, 5.41) is 21.8. The highest BCUT2D eigenvalue weighted by Crippen LogP contribution is 2.34. The molecule has 2 aromatic carbocycles. The lowest BCUT2D eigenvalue weighted by atomic mass is 9.92. The summed E-state index contributed by atoms with van der Waals surface area (Å²) < 4.78 is 1.59. The van der Waals surface area contributed by atoms with Crippen molar-refractivity contribution in [3.05, 3.63) is 71.0 Å². The Kier molecular flexibility index (Phi) is 5.81. The van der Waals surface area contributed by atoms with Crippen LogP contribution in [0.1, 0.15) is 37.4 Å². The average molecular weight is 495 g/mol. The van der Waals surface area contributed by atoms with E-state index < -0.39 is 6.10 Å². The largest absolute Gasteiger partial charge is 0.391 e. The molecule has 186 valence electrons. The van der Waals surface area contributed by atoms with Crippen molar-refractivity contribution >= 4 is 39.0 Å². The zero-order valence-corrected chi connectivity index (χ0v) is 20.2. The van der Waals surface area contributed by atoms with E-state index in [1.165, 1.54) is 0 Å². The number of hydrogen-bond acceptors (Lipinski definition) is 7. The molecule has 2 fully saturated rings. The minimum atomic E-state index is -0.562. The number of rotatable bonds is 3. The van der Waals surface area contributed by atoms with Crippen molar-refractivity contribution in [2.45, 2.75) is 37.8 Å². The SMILES string of the molecule is N#Cc1ccc(N2CCN(c3cc4c(=O)n([C@H]5CCCC[C@@H]5O)cnc4c4ccccc34)CC2=O)cn1. The van der Waals surface area contributed by atoms with Gasteiger partial charge in [0.05, 0.1) is 47.8 Å². The Hall–Kier alpha value is -4.29. The van der Waals surface area contributed by atoms with E-state index in [2.05, 4.69) is 9.97 Å². The minimum Gasteiger partial charge on any atom is -0.391 e. The fourth-order valence-corrected chi connectivity index (χ4v) is 5.63. The Bertz CT molecular complexity index is 1610. The van der Waals surface area contributed by atoms with Crippen molar-refractivity contribution in [1.29, 1.82) is 5.26 Å². The molecule has 9 heteroatoms. The van der Waals surface area contributed by atoms with Crippen LogP contribution in [0.5, 0.6) is 0 Å². The molecule has 4 aromatic rings. The van der Waals surface area contributed by atoms with Gasteiger partial charge in [0.2, 0.25) is 5.91 Å². The van der Waals surface area contributed by atoms with E-state index >= 15 is 0 Å². The first-order valence-electron chi connectivity index (χ1n) is 12.6. The third-order valence-corrected chi connectivity index (χ3v) is 7.56. The Balaban J connectivity index is 1.40. The number of aliphatic hydroxyl groups excluding tert-OH is 1. The Morgan fingerprint density at radius 2 is 1.78 bits per heavy atom. The summed E-state index contributed by atoms with van der Waals surface area (Å²) >= 11 is 0. The molecular weight excluding hydrogens is 468 g/mol. The smallest absolute Gasteiger partial charge is 0.261 e. The standard InChI is InChI=1S/C28H26N6O3/c29-14-18-9-10-19(15-30-18)33-12-11-32(16-26(33)36)24-13-22-27(21-6-2-1-5-20(21)24)31-17-34(28(22)37)23-7-3-4-8-25(23)35/h1-2,5-6,9-10,13,15,17,23,25,35H,3-4,7-8,11-12,16H2/t23-,25-/m0/s1. The predicted molar refractivity (Wildman–Crippen MR) is 141 cm³/mol. The van der Waals surface area contributed by atoms with Crippen LogP contribution >= 0.6 is 0 Å². The van der Waals surface area contributed by atoms with Crippen molar-refractivity contribution in [2.75, 3.05) is 29.4 Å². The maximum absolute atomic E-state index is 13.7. The van der Waals surface area contributed by atoms with E-state index in [9.17, 15) is 14.7 Å². The first kappa shape index (κ1) is 23.1. The molecule has 9 nitrogen and oxygen atoms in total. The second kappa shape index (κ2) is 9.30. The number of nitrogens with zero attached hydrogens (tertiary/aromatic N) is 6. The molecule has 2 aliphatic rings. The molecule has 0 radical (unpaired) electrons. The van der Waals surface area contributed by atoms with Crippen LogP contribution in [0, 0.1) is 11.3 Å². The summed E-state index contributed by atoms with van der Waals surface area (Å²) in [6.07, 6.45) is 5.91. The van der Waals surface area contributed by atoms with E-state index in [-0.39, 0.29) is 24.1 Å². The number of benzene rings is 2. The van der Waals surface area contributed by atoms with E-state index in [4.69, 9.17) is 5.26 Å². The minimum absolute atomic E-state index is 0.0872. The van der Waals surface area contributed by atoms with Gasteiger partial charge in [0.1, 0.15) is 11.8 Å². The molecule has 1 saturated heterocycles. The van der Waals surface area contributed by atoms with Gasteiger partial charge in [-0.3, -0.25) is 14.2 Å². The van der Waals surface area contributed by atoms with Crippen LogP contribution in [0.3, 0.4) is 0 Å². The lowest BCUT2D eigenvalue weighted by molar-refractivity contribution is -0.117. The first-order valence-corrected chi connectivity index (χ1v) is 12.6. The number of pyridine rings is 1. The topological polar surface area (TPSA) is 115 Å². The molecule has 0 spiro atoms. The van der Waals surface area contributed by atoms with Crippen LogP contribution in [0.2, 0.25) is 0 Å². The van der Waals surface area contributed by atoms with Gasteiger partial charge in [-0.1, -0.05) is 37.1 Å².